The highest BCUT2D eigenvalue weighted by Crippen LogP contribution is 2.33. The van der Waals surface area contributed by atoms with Crippen LogP contribution in [0.5, 0.6) is 0 Å². The summed E-state index contributed by atoms with van der Waals surface area (Å²) in [5, 5.41) is 0. The Hall–Kier alpha value is -1.89. The number of hydrogen-bond acceptors (Lipinski definition) is 1. The SMILES string of the molecule is CCCCCc1ccc(-c2ccc(C3CCC(C)CC3=O)cc2)cc1. The van der Waals surface area contributed by atoms with Gasteiger partial charge in [0, 0.05) is 12.3 Å². The molecule has 132 valence electrons. The highest BCUT2D eigenvalue weighted by atomic mass is 16.1. The fourth-order valence-electron chi connectivity index (χ4n) is 3.90. The number of Topliss-reactive ketones (excluding diaryl/α,β-unsaturated/α-hetero) is 1. The fourth-order valence-corrected chi connectivity index (χ4v) is 3.90. The predicted octanol–water partition coefficient (Wildman–Crippen LogP) is 6.56. The highest BCUT2D eigenvalue weighted by Gasteiger charge is 2.27. The zero-order valence-electron chi connectivity index (χ0n) is 15.6. The van der Waals surface area contributed by atoms with Crippen molar-refractivity contribution in [2.45, 2.75) is 64.7 Å². The molecule has 0 aliphatic heterocycles. The Bertz CT molecular complexity index is 681. The number of unbranched alkanes of at least 4 members (excludes halogenated alkanes) is 2. The summed E-state index contributed by atoms with van der Waals surface area (Å²) in [6, 6.07) is 17.6. The van der Waals surface area contributed by atoms with Crippen molar-refractivity contribution in [3.8, 4) is 11.1 Å². The van der Waals surface area contributed by atoms with Gasteiger partial charge >= 0.3 is 0 Å². The minimum absolute atomic E-state index is 0.117. The number of rotatable bonds is 6. The first-order valence-electron chi connectivity index (χ1n) is 9.89. The number of ketones is 1. The molecule has 0 radical (unpaired) electrons. The van der Waals surface area contributed by atoms with E-state index in [2.05, 4.69) is 62.4 Å². The molecule has 1 aliphatic rings. The third-order valence-electron chi connectivity index (χ3n) is 5.56. The largest absolute Gasteiger partial charge is 0.299 e. The lowest BCUT2D eigenvalue weighted by Crippen LogP contribution is -2.21. The molecule has 0 amide bonds. The van der Waals surface area contributed by atoms with E-state index in [0.717, 1.165) is 19.3 Å². The smallest absolute Gasteiger partial charge is 0.140 e. The zero-order valence-corrected chi connectivity index (χ0v) is 15.6. The second-order valence-electron chi connectivity index (χ2n) is 7.68. The average Bonchev–Trinajstić information content (AvgIpc) is 2.63. The van der Waals surface area contributed by atoms with Crippen LogP contribution in [0.2, 0.25) is 0 Å². The van der Waals surface area contributed by atoms with E-state index in [1.807, 2.05) is 0 Å². The first-order chi connectivity index (χ1) is 12.2. The lowest BCUT2D eigenvalue weighted by Gasteiger charge is -2.25. The third kappa shape index (κ3) is 4.60. The van der Waals surface area contributed by atoms with E-state index in [1.54, 1.807) is 0 Å². The molecule has 0 N–H and O–H groups in total. The number of hydrogen-bond donors (Lipinski definition) is 0. The van der Waals surface area contributed by atoms with Crippen LogP contribution in [0.1, 0.15) is 69.4 Å². The van der Waals surface area contributed by atoms with Crippen molar-refractivity contribution in [1.82, 2.24) is 0 Å². The van der Waals surface area contributed by atoms with E-state index >= 15 is 0 Å². The van der Waals surface area contributed by atoms with E-state index < -0.39 is 0 Å². The van der Waals surface area contributed by atoms with Gasteiger partial charge in [-0.3, -0.25) is 4.79 Å². The van der Waals surface area contributed by atoms with Crippen molar-refractivity contribution in [3.63, 3.8) is 0 Å². The van der Waals surface area contributed by atoms with Crippen LogP contribution in [0.4, 0.5) is 0 Å². The molecule has 25 heavy (non-hydrogen) atoms. The van der Waals surface area contributed by atoms with Gasteiger partial charge in [0.25, 0.3) is 0 Å². The van der Waals surface area contributed by atoms with Crippen LogP contribution in [0.15, 0.2) is 48.5 Å². The molecule has 1 fully saturated rings. The van der Waals surface area contributed by atoms with Gasteiger partial charge in [-0.05, 0) is 53.9 Å². The molecule has 0 saturated heterocycles. The number of aryl methyl sites for hydroxylation is 1. The molecule has 1 heteroatoms. The van der Waals surface area contributed by atoms with E-state index in [1.165, 1.54) is 47.9 Å². The molecular formula is C24H30O. The fraction of sp³-hybridized carbons (Fsp3) is 0.458. The van der Waals surface area contributed by atoms with Crippen molar-refractivity contribution in [2.75, 3.05) is 0 Å². The van der Waals surface area contributed by atoms with Crippen LogP contribution in [0.3, 0.4) is 0 Å². The van der Waals surface area contributed by atoms with Gasteiger partial charge in [-0.25, -0.2) is 0 Å². The summed E-state index contributed by atoms with van der Waals surface area (Å²) >= 11 is 0. The molecule has 0 bridgehead atoms. The van der Waals surface area contributed by atoms with Crippen molar-refractivity contribution < 1.29 is 4.79 Å². The van der Waals surface area contributed by atoms with Crippen molar-refractivity contribution in [3.05, 3.63) is 59.7 Å². The van der Waals surface area contributed by atoms with Crippen LogP contribution in [0.25, 0.3) is 11.1 Å². The van der Waals surface area contributed by atoms with Gasteiger partial charge < -0.3 is 0 Å². The molecule has 2 aromatic rings. The van der Waals surface area contributed by atoms with Crippen molar-refractivity contribution in [2.24, 2.45) is 5.92 Å². The number of benzene rings is 2. The van der Waals surface area contributed by atoms with Gasteiger partial charge in [-0.15, -0.1) is 0 Å². The molecule has 1 saturated carbocycles. The maximum atomic E-state index is 12.3. The Morgan fingerprint density at radius 1 is 0.880 bits per heavy atom. The van der Waals surface area contributed by atoms with Crippen LogP contribution in [0, 0.1) is 5.92 Å². The average molecular weight is 335 g/mol. The molecule has 0 heterocycles. The predicted molar refractivity (Wildman–Crippen MR) is 106 cm³/mol. The molecule has 0 spiro atoms. The van der Waals surface area contributed by atoms with Crippen LogP contribution < -0.4 is 0 Å². The Labute approximate surface area is 152 Å². The molecule has 2 unspecified atom stereocenters. The van der Waals surface area contributed by atoms with Gasteiger partial charge in [-0.1, -0.05) is 75.2 Å². The van der Waals surface area contributed by atoms with Gasteiger partial charge in [-0.2, -0.15) is 0 Å². The third-order valence-corrected chi connectivity index (χ3v) is 5.56. The number of carbonyl (C=O) groups excluding carboxylic acids is 1. The second-order valence-corrected chi connectivity index (χ2v) is 7.68. The Balaban J connectivity index is 1.67. The normalized spacial score (nSPS) is 20.6. The molecule has 2 aromatic carbocycles. The summed E-state index contributed by atoms with van der Waals surface area (Å²) in [5.74, 6) is 1.09. The lowest BCUT2D eigenvalue weighted by atomic mass is 9.78. The summed E-state index contributed by atoms with van der Waals surface area (Å²) in [6.45, 7) is 4.43. The van der Waals surface area contributed by atoms with Crippen LogP contribution in [-0.2, 0) is 11.2 Å². The van der Waals surface area contributed by atoms with Gasteiger partial charge in [0.1, 0.15) is 5.78 Å². The van der Waals surface area contributed by atoms with E-state index in [4.69, 9.17) is 0 Å². The van der Waals surface area contributed by atoms with Gasteiger partial charge in [0.15, 0.2) is 0 Å². The van der Waals surface area contributed by atoms with E-state index in [9.17, 15) is 4.79 Å². The first-order valence-corrected chi connectivity index (χ1v) is 9.89. The second kappa shape index (κ2) is 8.47. The summed E-state index contributed by atoms with van der Waals surface area (Å²) in [7, 11) is 0. The standard InChI is InChI=1S/C24H30O/c1-3-4-5-6-19-8-10-20(11-9-19)21-12-14-22(15-13-21)23-16-7-18(2)17-24(23)25/h8-15,18,23H,3-7,16-17H2,1-2H3. The molecule has 2 atom stereocenters. The van der Waals surface area contributed by atoms with E-state index in [-0.39, 0.29) is 5.92 Å². The Morgan fingerprint density at radius 2 is 1.52 bits per heavy atom. The topological polar surface area (TPSA) is 17.1 Å². The van der Waals surface area contributed by atoms with E-state index in [0.29, 0.717) is 11.7 Å². The molecule has 0 aromatic heterocycles. The van der Waals surface area contributed by atoms with Crippen LogP contribution >= 0.6 is 0 Å². The summed E-state index contributed by atoms with van der Waals surface area (Å²) in [6.07, 6.45) is 7.94. The van der Waals surface area contributed by atoms with Gasteiger partial charge in [0.05, 0.1) is 0 Å². The first kappa shape index (κ1) is 17.9. The zero-order chi connectivity index (χ0) is 17.6. The minimum Gasteiger partial charge on any atom is -0.299 e. The van der Waals surface area contributed by atoms with Crippen LogP contribution in [-0.4, -0.2) is 5.78 Å². The lowest BCUT2D eigenvalue weighted by molar-refractivity contribution is -0.123. The highest BCUT2D eigenvalue weighted by molar-refractivity contribution is 5.86. The van der Waals surface area contributed by atoms with Gasteiger partial charge in [0.2, 0.25) is 0 Å². The molecule has 3 rings (SSSR count). The number of carbonyl (C=O) groups is 1. The molecular weight excluding hydrogens is 304 g/mol. The summed E-state index contributed by atoms with van der Waals surface area (Å²) in [5.41, 5.74) is 5.11. The van der Waals surface area contributed by atoms with Crippen molar-refractivity contribution in [1.29, 1.82) is 0 Å². The molecule has 1 aliphatic carbocycles. The Kier molecular flexibility index (Phi) is 6.07. The molecule has 1 nitrogen and oxygen atoms in total. The monoisotopic (exact) mass is 334 g/mol. The Morgan fingerprint density at radius 3 is 2.12 bits per heavy atom. The quantitative estimate of drug-likeness (QED) is 0.547. The maximum Gasteiger partial charge on any atom is 0.140 e. The minimum atomic E-state index is 0.117. The summed E-state index contributed by atoms with van der Waals surface area (Å²) < 4.78 is 0. The maximum absolute atomic E-state index is 12.3. The van der Waals surface area contributed by atoms with Crippen molar-refractivity contribution >= 4 is 5.78 Å². The summed E-state index contributed by atoms with van der Waals surface area (Å²) in [4.78, 5) is 12.3.